The van der Waals surface area contributed by atoms with Gasteiger partial charge in [-0.05, 0) is 37.6 Å². The van der Waals surface area contributed by atoms with Gasteiger partial charge in [0.25, 0.3) is 15.9 Å². The summed E-state index contributed by atoms with van der Waals surface area (Å²) < 4.78 is 29.4. The summed E-state index contributed by atoms with van der Waals surface area (Å²) >= 11 is 0. The molecule has 6 nitrogen and oxygen atoms in total. The lowest BCUT2D eigenvalue weighted by atomic mass is 10.2. The second-order valence-corrected chi connectivity index (χ2v) is 6.70. The van der Waals surface area contributed by atoms with E-state index in [4.69, 9.17) is 4.74 Å². The Kier molecular flexibility index (Phi) is 5.36. The Morgan fingerprint density at radius 3 is 2.35 bits per heavy atom. The molecule has 2 N–H and O–H groups in total. The van der Waals surface area contributed by atoms with Crippen molar-refractivity contribution >= 4 is 15.9 Å². The molecule has 2 aromatic carbocycles. The largest absolute Gasteiger partial charge is 0.483 e. The number of hydrogen-bond donors (Lipinski definition) is 2. The van der Waals surface area contributed by atoms with Crippen LogP contribution >= 0.6 is 0 Å². The van der Waals surface area contributed by atoms with Crippen molar-refractivity contribution in [1.29, 1.82) is 0 Å². The molecule has 0 aromatic heterocycles. The smallest absolute Gasteiger partial charge is 0.272 e. The molecule has 2 rings (SSSR count). The maximum atomic E-state index is 12.0. The van der Waals surface area contributed by atoms with Gasteiger partial charge in [-0.1, -0.05) is 35.9 Å². The van der Waals surface area contributed by atoms with Gasteiger partial charge in [0.05, 0.1) is 4.90 Å². The summed E-state index contributed by atoms with van der Waals surface area (Å²) in [5, 5.41) is 0. The highest BCUT2D eigenvalue weighted by atomic mass is 32.2. The fourth-order valence-electron chi connectivity index (χ4n) is 1.80. The number of sulfonamides is 1. The quantitative estimate of drug-likeness (QED) is 0.788. The van der Waals surface area contributed by atoms with Gasteiger partial charge in [0.15, 0.2) is 6.61 Å². The summed E-state index contributed by atoms with van der Waals surface area (Å²) in [4.78, 5) is 13.8. The van der Waals surface area contributed by atoms with Crippen molar-refractivity contribution < 1.29 is 17.9 Å². The van der Waals surface area contributed by atoms with Crippen molar-refractivity contribution in [3.8, 4) is 5.75 Å². The summed E-state index contributed by atoms with van der Waals surface area (Å²) in [6.07, 6.45) is 0. The van der Waals surface area contributed by atoms with Crippen molar-refractivity contribution in [3.63, 3.8) is 0 Å². The van der Waals surface area contributed by atoms with Gasteiger partial charge in [0.2, 0.25) is 0 Å². The molecule has 0 bridgehead atoms. The Bertz CT molecular complexity index is 786. The predicted molar refractivity (Wildman–Crippen MR) is 86.3 cm³/mol. The van der Waals surface area contributed by atoms with Crippen LogP contribution in [0.3, 0.4) is 0 Å². The van der Waals surface area contributed by atoms with Crippen molar-refractivity contribution in [2.75, 3.05) is 6.61 Å². The maximum Gasteiger partial charge on any atom is 0.272 e. The molecule has 0 heterocycles. The fraction of sp³-hybridized carbons (Fsp3) is 0.188. The molecule has 0 unspecified atom stereocenters. The lowest BCUT2D eigenvalue weighted by molar-refractivity contribution is -0.123. The molecule has 0 aliphatic heterocycles. The van der Waals surface area contributed by atoms with E-state index in [-0.39, 0.29) is 11.5 Å². The summed E-state index contributed by atoms with van der Waals surface area (Å²) in [6, 6.07) is 13.5. The highest BCUT2D eigenvalue weighted by molar-refractivity contribution is 7.89. The molecular formula is C16H18N2O4S. The maximum absolute atomic E-state index is 12.0. The normalized spacial score (nSPS) is 11.0. The average Bonchev–Trinajstić information content (AvgIpc) is 2.53. The van der Waals surface area contributed by atoms with Crippen molar-refractivity contribution in [3.05, 3.63) is 59.7 Å². The van der Waals surface area contributed by atoms with Crippen molar-refractivity contribution in [2.45, 2.75) is 18.7 Å². The highest BCUT2D eigenvalue weighted by Crippen LogP contribution is 2.15. The molecule has 0 spiro atoms. The number of para-hydroxylation sites is 1. The van der Waals surface area contributed by atoms with Gasteiger partial charge in [-0.2, -0.15) is 0 Å². The van der Waals surface area contributed by atoms with Crippen molar-refractivity contribution in [2.24, 2.45) is 0 Å². The van der Waals surface area contributed by atoms with Gasteiger partial charge in [-0.15, -0.1) is 4.83 Å². The number of carbonyl (C=O) groups is 1. The van der Waals surface area contributed by atoms with E-state index in [9.17, 15) is 13.2 Å². The minimum atomic E-state index is -3.80. The first kappa shape index (κ1) is 17.0. The van der Waals surface area contributed by atoms with Crippen LogP contribution in [0.15, 0.2) is 53.4 Å². The number of amides is 1. The van der Waals surface area contributed by atoms with Gasteiger partial charge in [0, 0.05) is 0 Å². The molecule has 23 heavy (non-hydrogen) atoms. The van der Waals surface area contributed by atoms with Crippen LogP contribution in [-0.2, 0) is 14.8 Å². The van der Waals surface area contributed by atoms with Crippen molar-refractivity contribution in [1.82, 2.24) is 10.3 Å². The summed E-state index contributed by atoms with van der Waals surface area (Å²) in [5.41, 5.74) is 3.96. The minimum absolute atomic E-state index is 0.0724. The van der Waals surface area contributed by atoms with E-state index in [0.717, 1.165) is 11.1 Å². The van der Waals surface area contributed by atoms with Gasteiger partial charge in [0.1, 0.15) is 5.75 Å². The van der Waals surface area contributed by atoms with Crippen LogP contribution in [0, 0.1) is 13.8 Å². The monoisotopic (exact) mass is 334 g/mol. The number of benzene rings is 2. The zero-order chi connectivity index (χ0) is 16.9. The molecule has 0 saturated heterocycles. The first-order valence-electron chi connectivity index (χ1n) is 6.94. The number of hydrogen-bond acceptors (Lipinski definition) is 4. The molecule has 0 saturated carbocycles. The van der Waals surface area contributed by atoms with E-state index in [1.54, 1.807) is 24.3 Å². The van der Waals surface area contributed by atoms with Crippen LogP contribution in [0.1, 0.15) is 11.1 Å². The Balaban J connectivity index is 1.89. The zero-order valence-electron chi connectivity index (χ0n) is 12.9. The topological polar surface area (TPSA) is 84.5 Å². The van der Waals surface area contributed by atoms with Crippen LogP contribution in [0.25, 0.3) is 0 Å². The molecule has 7 heteroatoms. The predicted octanol–water partition coefficient (Wildman–Crippen LogP) is 1.69. The third kappa shape index (κ3) is 4.80. The zero-order valence-corrected chi connectivity index (χ0v) is 13.7. The fourth-order valence-corrected chi connectivity index (χ4v) is 2.66. The van der Waals surface area contributed by atoms with Gasteiger partial charge >= 0.3 is 0 Å². The number of carbonyl (C=O) groups excluding carboxylic acids is 1. The van der Waals surface area contributed by atoms with Gasteiger partial charge < -0.3 is 4.74 Å². The summed E-state index contributed by atoms with van der Waals surface area (Å²) in [7, 11) is -3.80. The lowest BCUT2D eigenvalue weighted by Crippen LogP contribution is -2.43. The molecule has 0 aliphatic carbocycles. The van der Waals surface area contributed by atoms with Crippen LogP contribution in [0.2, 0.25) is 0 Å². The third-order valence-electron chi connectivity index (χ3n) is 3.11. The first-order chi connectivity index (χ1) is 10.9. The number of nitrogens with one attached hydrogen (secondary N) is 2. The molecular weight excluding hydrogens is 316 g/mol. The molecule has 0 atom stereocenters. The van der Waals surface area contributed by atoms with E-state index in [0.29, 0.717) is 5.75 Å². The van der Waals surface area contributed by atoms with Crippen LogP contribution in [0.4, 0.5) is 0 Å². The number of aryl methyl sites for hydroxylation is 2. The first-order valence-corrected chi connectivity index (χ1v) is 8.42. The van der Waals surface area contributed by atoms with E-state index < -0.39 is 15.9 Å². The molecule has 0 fully saturated rings. The second kappa shape index (κ2) is 7.26. The van der Waals surface area contributed by atoms with E-state index in [1.807, 2.05) is 30.8 Å². The van der Waals surface area contributed by atoms with E-state index >= 15 is 0 Å². The highest BCUT2D eigenvalue weighted by Gasteiger charge is 2.15. The molecule has 0 aliphatic rings. The molecule has 122 valence electrons. The number of rotatable bonds is 6. The third-order valence-corrected chi connectivity index (χ3v) is 4.37. The van der Waals surface area contributed by atoms with E-state index in [2.05, 4.69) is 5.43 Å². The van der Waals surface area contributed by atoms with Gasteiger partial charge in [-0.25, -0.2) is 8.42 Å². The molecule has 0 radical (unpaired) electrons. The Morgan fingerprint density at radius 2 is 1.70 bits per heavy atom. The Labute approximate surface area is 135 Å². The summed E-state index contributed by atoms with van der Waals surface area (Å²) in [5.74, 6) is -0.0204. The SMILES string of the molecule is Cc1ccc(S(=O)(=O)NNC(=O)COc2ccccc2C)cc1. The molecule has 2 aromatic rings. The van der Waals surface area contributed by atoms with E-state index in [1.165, 1.54) is 12.1 Å². The van der Waals surface area contributed by atoms with Gasteiger partial charge in [-0.3, -0.25) is 10.2 Å². The lowest BCUT2D eigenvalue weighted by Gasteiger charge is -2.10. The Morgan fingerprint density at radius 1 is 1.04 bits per heavy atom. The Hall–Kier alpha value is -2.38. The second-order valence-electron chi connectivity index (χ2n) is 5.02. The standard InChI is InChI=1S/C16H18N2O4S/c1-12-7-9-14(10-8-12)23(20,21)18-17-16(19)11-22-15-6-4-3-5-13(15)2/h3-10,18H,11H2,1-2H3,(H,17,19). The summed E-state index contributed by atoms with van der Waals surface area (Å²) in [6.45, 7) is 3.42. The van der Waals surface area contributed by atoms with Crippen LogP contribution < -0.4 is 15.0 Å². The average molecular weight is 334 g/mol. The van der Waals surface area contributed by atoms with Crippen LogP contribution in [0.5, 0.6) is 5.75 Å². The van der Waals surface area contributed by atoms with Crippen LogP contribution in [-0.4, -0.2) is 20.9 Å². The minimum Gasteiger partial charge on any atom is -0.483 e. The number of ether oxygens (including phenoxy) is 1. The molecule has 1 amide bonds. The number of hydrazine groups is 1.